The Hall–Kier alpha value is -4.63. The maximum absolute atomic E-state index is 12.7. The van der Waals surface area contributed by atoms with E-state index in [-0.39, 0.29) is 5.97 Å². The van der Waals surface area contributed by atoms with E-state index in [4.69, 9.17) is 9.72 Å². The Morgan fingerprint density at radius 3 is 2.38 bits per heavy atom. The van der Waals surface area contributed by atoms with Crippen molar-refractivity contribution >= 4 is 28.3 Å². The highest BCUT2D eigenvalue weighted by Gasteiger charge is 2.24. The van der Waals surface area contributed by atoms with Crippen LogP contribution in [0.15, 0.2) is 78.9 Å². The van der Waals surface area contributed by atoms with Gasteiger partial charge in [-0.05, 0) is 28.8 Å². The van der Waals surface area contributed by atoms with Gasteiger partial charge in [-0.1, -0.05) is 78.9 Å². The Morgan fingerprint density at radius 2 is 1.68 bits per heavy atom. The third-order valence-corrected chi connectivity index (χ3v) is 7.36. The van der Waals surface area contributed by atoms with Crippen LogP contribution in [0.1, 0.15) is 20.1 Å². The molecule has 9 heteroatoms. The predicted molar refractivity (Wildman–Crippen MR) is 143 cm³/mol. The van der Waals surface area contributed by atoms with Crippen LogP contribution in [-0.4, -0.2) is 43.3 Å². The van der Waals surface area contributed by atoms with E-state index in [1.807, 2.05) is 61.5 Å². The number of H-pyrrole nitrogens is 1. The van der Waals surface area contributed by atoms with Crippen molar-refractivity contribution in [1.29, 1.82) is 0 Å². The van der Waals surface area contributed by atoms with E-state index in [0.29, 0.717) is 17.2 Å². The summed E-state index contributed by atoms with van der Waals surface area (Å²) in [6.45, 7) is 2.54. The number of fused-ring (bicyclic) bond motifs is 1. The van der Waals surface area contributed by atoms with Crippen molar-refractivity contribution in [3.8, 4) is 33.9 Å². The molecule has 0 amide bonds. The van der Waals surface area contributed by atoms with Crippen LogP contribution in [0.25, 0.3) is 44.9 Å². The first-order chi connectivity index (χ1) is 18.1. The molecule has 3 aromatic carbocycles. The number of imidazole rings is 1. The summed E-state index contributed by atoms with van der Waals surface area (Å²) in [5.41, 5.74) is 6.68. The fraction of sp³-hybridized carbons (Fsp3) is 0.107. The number of rotatable bonds is 6. The lowest BCUT2D eigenvalue weighted by atomic mass is 9.98. The second kappa shape index (κ2) is 9.44. The molecule has 0 bridgehead atoms. The molecule has 8 nitrogen and oxygen atoms in total. The third kappa shape index (κ3) is 4.09. The number of thiophene rings is 1. The van der Waals surface area contributed by atoms with E-state index < -0.39 is 0 Å². The molecule has 0 aliphatic carbocycles. The molecule has 0 saturated carbocycles. The summed E-state index contributed by atoms with van der Waals surface area (Å²) in [5, 5.41) is 14.5. The molecule has 0 spiro atoms. The zero-order chi connectivity index (χ0) is 25.4. The average Bonchev–Trinajstić information content (AvgIpc) is 3.68. The van der Waals surface area contributed by atoms with Crippen LogP contribution in [-0.2, 0) is 11.3 Å². The number of methoxy groups -OCH3 is 1. The lowest BCUT2D eigenvalue weighted by Crippen LogP contribution is -2.06. The standard InChI is InChI=1S/C28H22N6O2S/c1-17-23-24(25(37-17)28(35)36-2)34(27(29-23)20-8-4-3-5-9-20)16-18-12-14-19(15-13-18)21-10-6-7-11-22(21)26-30-32-33-31-26/h3-15H,16H2,1-2H3,(H,30,31,32,33). The highest BCUT2D eigenvalue weighted by Crippen LogP contribution is 2.36. The van der Waals surface area contributed by atoms with Gasteiger partial charge in [0.15, 0.2) is 0 Å². The number of aromatic nitrogens is 6. The van der Waals surface area contributed by atoms with Gasteiger partial charge < -0.3 is 9.30 Å². The Morgan fingerprint density at radius 1 is 0.946 bits per heavy atom. The normalized spacial score (nSPS) is 11.2. The van der Waals surface area contributed by atoms with Gasteiger partial charge >= 0.3 is 5.97 Å². The Kier molecular flexibility index (Phi) is 5.82. The van der Waals surface area contributed by atoms with Crippen molar-refractivity contribution in [1.82, 2.24) is 30.2 Å². The van der Waals surface area contributed by atoms with E-state index in [0.717, 1.165) is 49.6 Å². The molecule has 0 aliphatic rings. The molecular formula is C28H22N6O2S. The minimum absolute atomic E-state index is 0.350. The first-order valence-corrected chi connectivity index (χ1v) is 12.5. The molecule has 0 aliphatic heterocycles. The van der Waals surface area contributed by atoms with Crippen LogP contribution < -0.4 is 0 Å². The number of aryl methyl sites for hydroxylation is 1. The van der Waals surface area contributed by atoms with Crippen LogP contribution in [0.2, 0.25) is 0 Å². The molecule has 37 heavy (non-hydrogen) atoms. The second-order valence-corrected chi connectivity index (χ2v) is 9.77. The summed E-state index contributed by atoms with van der Waals surface area (Å²) in [6.07, 6.45) is 0. The predicted octanol–water partition coefficient (Wildman–Crippen LogP) is 5.76. The summed E-state index contributed by atoms with van der Waals surface area (Å²) in [5.74, 6) is 1.02. The SMILES string of the molecule is COC(=O)c1sc(C)c2nc(-c3ccccc3)n(Cc3ccc(-c4ccccc4-c4nn[nH]n4)cc3)c12. The van der Waals surface area contributed by atoms with Gasteiger partial charge in [-0.25, -0.2) is 9.78 Å². The smallest absolute Gasteiger partial charge is 0.350 e. The Balaban J connectivity index is 1.43. The van der Waals surface area contributed by atoms with Crippen molar-refractivity contribution in [2.45, 2.75) is 13.5 Å². The third-order valence-electron chi connectivity index (χ3n) is 6.29. The molecule has 0 unspecified atom stereocenters. The number of carbonyl (C=O) groups excluding carboxylic acids is 1. The Bertz CT molecular complexity index is 1700. The fourth-order valence-electron chi connectivity index (χ4n) is 4.55. The number of hydrogen-bond acceptors (Lipinski definition) is 7. The van der Waals surface area contributed by atoms with Crippen LogP contribution in [0, 0.1) is 6.92 Å². The number of esters is 1. The van der Waals surface area contributed by atoms with Gasteiger partial charge in [-0.3, -0.25) is 0 Å². The molecule has 0 atom stereocenters. The number of aromatic amines is 1. The van der Waals surface area contributed by atoms with E-state index in [1.165, 1.54) is 18.4 Å². The number of benzene rings is 3. The number of hydrogen-bond donors (Lipinski definition) is 1. The van der Waals surface area contributed by atoms with Crippen molar-refractivity contribution in [3.05, 3.63) is 94.2 Å². The van der Waals surface area contributed by atoms with Crippen LogP contribution >= 0.6 is 11.3 Å². The maximum atomic E-state index is 12.7. The lowest BCUT2D eigenvalue weighted by molar-refractivity contribution is 0.0608. The monoisotopic (exact) mass is 506 g/mol. The minimum atomic E-state index is -0.350. The van der Waals surface area contributed by atoms with Crippen LogP contribution in [0.5, 0.6) is 0 Å². The van der Waals surface area contributed by atoms with Crippen molar-refractivity contribution in [2.24, 2.45) is 0 Å². The summed E-state index contributed by atoms with van der Waals surface area (Å²) >= 11 is 1.42. The van der Waals surface area contributed by atoms with Crippen molar-refractivity contribution < 1.29 is 9.53 Å². The molecular weight excluding hydrogens is 484 g/mol. The van der Waals surface area contributed by atoms with E-state index >= 15 is 0 Å². The largest absolute Gasteiger partial charge is 0.465 e. The maximum Gasteiger partial charge on any atom is 0.350 e. The molecule has 3 aromatic heterocycles. The average molecular weight is 507 g/mol. The molecule has 0 fully saturated rings. The quantitative estimate of drug-likeness (QED) is 0.289. The molecule has 1 N–H and O–H groups in total. The number of nitrogens with one attached hydrogen (secondary N) is 1. The Labute approximate surface area is 216 Å². The number of ether oxygens (including phenoxy) is 1. The highest BCUT2D eigenvalue weighted by atomic mass is 32.1. The first-order valence-electron chi connectivity index (χ1n) is 11.7. The van der Waals surface area contributed by atoms with Crippen molar-refractivity contribution in [2.75, 3.05) is 7.11 Å². The van der Waals surface area contributed by atoms with Gasteiger partial charge in [-0.15, -0.1) is 21.5 Å². The summed E-state index contributed by atoms with van der Waals surface area (Å²) in [6, 6.07) is 26.4. The molecule has 6 aromatic rings. The second-order valence-electron chi connectivity index (χ2n) is 8.54. The van der Waals surface area contributed by atoms with Gasteiger partial charge in [0.25, 0.3) is 0 Å². The van der Waals surface area contributed by atoms with Gasteiger partial charge in [0.2, 0.25) is 5.82 Å². The van der Waals surface area contributed by atoms with E-state index in [9.17, 15) is 4.79 Å². The van der Waals surface area contributed by atoms with E-state index in [2.05, 4.69) is 49.5 Å². The van der Waals surface area contributed by atoms with E-state index in [1.54, 1.807) is 0 Å². The number of carbonyl (C=O) groups is 1. The molecule has 6 rings (SSSR count). The zero-order valence-electron chi connectivity index (χ0n) is 20.2. The first kappa shape index (κ1) is 22.8. The minimum Gasteiger partial charge on any atom is -0.465 e. The summed E-state index contributed by atoms with van der Waals surface area (Å²) in [7, 11) is 1.41. The van der Waals surface area contributed by atoms with Gasteiger partial charge in [0.05, 0.1) is 12.6 Å². The topological polar surface area (TPSA) is 98.6 Å². The van der Waals surface area contributed by atoms with Crippen LogP contribution in [0.4, 0.5) is 0 Å². The molecule has 3 heterocycles. The number of tetrazole rings is 1. The lowest BCUT2D eigenvalue weighted by Gasteiger charge is -2.12. The van der Waals surface area contributed by atoms with Crippen molar-refractivity contribution in [3.63, 3.8) is 0 Å². The van der Waals surface area contributed by atoms with Gasteiger partial charge in [0, 0.05) is 22.5 Å². The summed E-state index contributed by atoms with van der Waals surface area (Å²) < 4.78 is 7.21. The highest BCUT2D eigenvalue weighted by molar-refractivity contribution is 7.15. The molecule has 0 radical (unpaired) electrons. The molecule has 182 valence electrons. The number of nitrogens with zero attached hydrogens (tertiary/aromatic N) is 5. The van der Waals surface area contributed by atoms with Gasteiger partial charge in [0.1, 0.15) is 16.2 Å². The summed E-state index contributed by atoms with van der Waals surface area (Å²) in [4.78, 5) is 19.2. The van der Waals surface area contributed by atoms with Gasteiger partial charge in [-0.2, -0.15) is 5.21 Å². The molecule has 0 saturated heterocycles. The fourth-order valence-corrected chi connectivity index (χ4v) is 5.56. The zero-order valence-corrected chi connectivity index (χ0v) is 21.0. The van der Waals surface area contributed by atoms with Crippen LogP contribution in [0.3, 0.4) is 0 Å².